The summed E-state index contributed by atoms with van der Waals surface area (Å²) < 4.78 is 10.9. The third kappa shape index (κ3) is 4.71. The number of nitro benzene ring substituents is 1. The van der Waals surface area contributed by atoms with Gasteiger partial charge in [-0.2, -0.15) is 0 Å². The van der Waals surface area contributed by atoms with Gasteiger partial charge in [0.15, 0.2) is 10.9 Å². The molecule has 0 saturated carbocycles. The number of benzene rings is 2. The predicted octanol–water partition coefficient (Wildman–Crippen LogP) is 4.42. The first-order chi connectivity index (χ1) is 14.4. The number of fused-ring (bicyclic) bond motifs is 1. The van der Waals surface area contributed by atoms with Gasteiger partial charge in [-0.15, -0.1) is 0 Å². The Kier molecular flexibility index (Phi) is 6.58. The summed E-state index contributed by atoms with van der Waals surface area (Å²) in [6.07, 6.45) is 1.73. The van der Waals surface area contributed by atoms with Gasteiger partial charge in [0.2, 0.25) is 0 Å². The van der Waals surface area contributed by atoms with Gasteiger partial charge in [-0.3, -0.25) is 20.2 Å². The van der Waals surface area contributed by atoms with Crippen LogP contribution in [0.15, 0.2) is 36.4 Å². The van der Waals surface area contributed by atoms with Crippen molar-refractivity contribution in [3.63, 3.8) is 0 Å². The van der Waals surface area contributed by atoms with Crippen molar-refractivity contribution in [1.82, 2.24) is 4.98 Å². The Labute approximate surface area is 175 Å². The Bertz CT molecular complexity index is 1110. The van der Waals surface area contributed by atoms with Gasteiger partial charge in [0, 0.05) is 11.6 Å². The number of rotatable bonds is 8. The van der Waals surface area contributed by atoms with Gasteiger partial charge >= 0.3 is 11.7 Å². The van der Waals surface area contributed by atoms with E-state index in [-0.39, 0.29) is 17.0 Å². The lowest BCUT2D eigenvalue weighted by molar-refractivity contribution is -0.385. The number of hydrogen-bond acceptors (Lipinski definition) is 8. The van der Waals surface area contributed by atoms with Crippen molar-refractivity contribution in [2.45, 2.75) is 19.8 Å². The highest BCUT2D eigenvalue weighted by molar-refractivity contribution is 7.22. The van der Waals surface area contributed by atoms with E-state index < -0.39 is 16.8 Å². The van der Waals surface area contributed by atoms with Crippen LogP contribution in [0, 0.1) is 10.1 Å². The first-order valence-corrected chi connectivity index (χ1v) is 9.96. The van der Waals surface area contributed by atoms with Gasteiger partial charge in [-0.1, -0.05) is 24.7 Å². The third-order valence-corrected chi connectivity index (χ3v) is 5.15. The van der Waals surface area contributed by atoms with E-state index in [1.807, 2.05) is 6.92 Å². The number of methoxy groups -OCH3 is 1. The van der Waals surface area contributed by atoms with Crippen molar-refractivity contribution < 1.29 is 24.0 Å². The molecule has 30 heavy (non-hydrogen) atoms. The normalized spacial score (nSPS) is 10.6. The number of anilines is 1. The molecular formula is C20H19N3O6S. The molecule has 0 saturated heterocycles. The molecule has 10 heteroatoms. The van der Waals surface area contributed by atoms with Crippen molar-refractivity contribution >= 4 is 44.2 Å². The molecule has 0 radical (unpaired) electrons. The molecule has 1 N–H and O–H groups in total. The second-order valence-corrected chi connectivity index (χ2v) is 7.32. The van der Waals surface area contributed by atoms with Crippen LogP contribution in [0.25, 0.3) is 10.2 Å². The topological polar surface area (TPSA) is 121 Å². The molecule has 0 bridgehead atoms. The van der Waals surface area contributed by atoms with Crippen LogP contribution in [-0.4, -0.2) is 35.5 Å². The third-order valence-electron chi connectivity index (χ3n) is 4.21. The first-order valence-electron chi connectivity index (χ1n) is 9.14. The molecule has 1 amide bonds. The number of thiazole rings is 1. The second-order valence-electron chi connectivity index (χ2n) is 6.29. The van der Waals surface area contributed by atoms with Crippen LogP contribution in [0.1, 0.15) is 40.5 Å². The molecular weight excluding hydrogens is 410 g/mol. The van der Waals surface area contributed by atoms with E-state index in [2.05, 4.69) is 10.3 Å². The van der Waals surface area contributed by atoms with E-state index in [1.54, 1.807) is 18.2 Å². The molecule has 2 aromatic carbocycles. The van der Waals surface area contributed by atoms with Crippen molar-refractivity contribution in [3.8, 4) is 5.75 Å². The minimum atomic E-state index is -0.617. The summed E-state index contributed by atoms with van der Waals surface area (Å²) in [7, 11) is 1.32. The van der Waals surface area contributed by atoms with Crippen molar-refractivity contribution in [1.29, 1.82) is 0 Å². The fourth-order valence-corrected chi connectivity index (χ4v) is 3.54. The highest BCUT2D eigenvalue weighted by Crippen LogP contribution is 2.30. The van der Waals surface area contributed by atoms with Crippen LogP contribution in [0.2, 0.25) is 0 Å². The smallest absolute Gasteiger partial charge is 0.338 e. The fourth-order valence-electron chi connectivity index (χ4n) is 2.64. The monoisotopic (exact) mass is 429 g/mol. The average molecular weight is 429 g/mol. The van der Waals surface area contributed by atoms with E-state index in [4.69, 9.17) is 9.47 Å². The quantitative estimate of drug-likeness (QED) is 0.243. The van der Waals surface area contributed by atoms with Gasteiger partial charge < -0.3 is 9.47 Å². The van der Waals surface area contributed by atoms with Crippen molar-refractivity contribution in [2.75, 3.05) is 19.0 Å². The predicted molar refractivity (Wildman–Crippen MR) is 112 cm³/mol. The summed E-state index contributed by atoms with van der Waals surface area (Å²) in [4.78, 5) is 39.5. The van der Waals surface area contributed by atoms with Gasteiger partial charge in [-0.05, 0) is 36.8 Å². The number of nitrogens with one attached hydrogen (secondary N) is 1. The van der Waals surface area contributed by atoms with E-state index in [9.17, 15) is 19.7 Å². The number of nitro groups is 1. The number of hydrogen-bond donors (Lipinski definition) is 1. The molecule has 0 aliphatic carbocycles. The van der Waals surface area contributed by atoms with Crippen molar-refractivity contribution in [3.05, 3.63) is 57.6 Å². The summed E-state index contributed by atoms with van der Waals surface area (Å²) in [5.41, 5.74) is 0.814. The number of ether oxygens (including phenoxy) is 2. The minimum absolute atomic E-state index is 0.0647. The van der Waals surface area contributed by atoms with Crippen LogP contribution < -0.4 is 10.1 Å². The van der Waals surface area contributed by atoms with Crippen LogP contribution in [0.4, 0.5) is 10.8 Å². The summed E-state index contributed by atoms with van der Waals surface area (Å²) in [5.74, 6) is -0.885. The molecule has 156 valence electrons. The van der Waals surface area contributed by atoms with Crippen LogP contribution in [0.3, 0.4) is 0 Å². The highest BCUT2D eigenvalue weighted by atomic mass is 32.1. The van der Waals surface area contributed by atoms with E-state index in [0.29, 0.717) is 27.5 Å². The van der Waals surface area contributed by atoms with Gasteiger partial charge in [0.25, 0.3) is 5.91 Å². The molecule has 3 rings (SSSR count). The van der Waals surface area contributed by atoms with Crippen LogP contribution in [0.5, 0.6) is 5.75 Å². The molecule has 9 nitrogen and oxygen atoms in total. The highest BCUT2D eigenvalue weighted by Gasteiger charge is 2.19. The van der Waals surface area contributed by atoms with Crippen LogP contribution in [-0.2, 0) is 4.74 Å². The zero-order valence-corrected chi connectivity index (χ0v) is 17.2. The molecule has 1 aromatic heterocycles. The number of nitrogens with zero attached hydrogens (tertiary/aromatic N) is 2. The maximum atomic E-state index is 12.5. The maximum Gasteiger partial charge on any atom is 0.338 e. The zero-order chi connectivity index (χ0) is 21.7. The lowest BCUT2D eigenvalue weighted by Crippen LogP contribution is -2.12. The van der Waals surface area contributed by atoms with Gasteiger partial charge in [0.1, 0.15) is 0 Å². The molecule has 0 aliphatic heterocycles. The fraction of sp³-hybridized carbons (Fsp3) is 0.250. The summed E-state index contributed by atoms with van der Waals surface area (Å²) in [6, 6.07) is 8.90. The summed E-state index contributed by atoms with van der Waals surface area (Å²) in [6.45, 7) is 2.38. The number of unbranched alkanes of at least 4 members (excludes halogenated alkanes) is 1. The van der Waals surface area contributed by atoms with Gasteiger partial charge in [0.05, 0.1) is 34.4 Å². The van der Waals surface area contributed by atoms with Gasteiger partial charge in [-0.25, -0.2) is 9.78 Å². The largest absolute Gasteiger partial charge is 0.490 e. The maximum absolute atomic E-state index is 12.5. The van der Waals surface area contributed by atoms with E-state index in [0.717, 1.165) is 18.9 Å². The summed E-state index contributed by atoms with van der Waals surface area (Å²) >= 11 is 1.19. The van der Waals surface area contributed by atoms with Crippen LogP contribution >= 0.6 is 11.3 Å². The van der Waals surface area contributed by atoms with Crippen molar-refractivity contribution in [2.24, 2.45) is 0 Å². The molecule has 3 aromatic rings. The van der Waals surface area contributed by atoms with E-state index >= 15 is 0 Å². The number of carbonyl (C=O) groups excluding carboxylic acids is 2. The Morgan fingerprint density at radius 1 is 1.20 bits per heavy atom. The molecule has 0 aliphatic rings. The zero-order valence-electron chi connectivity index (χ0n) is 16.3. The molecule has 0 spiro atoms. The Hall–Kier alpha value is -3.53. The molecule has 0 unspecified atom stereocenters. The molecule has 1 heterocycles. The Balaban J connectivity index is 1.77. The second kappa shape index (κ2) is 9.31. The number of carbonyl (C=O) groups is 2. The Morgan fingerprint density at radius 2 is 1.97 bits per heavy atom. The first kappa shape index (κ1) is 21.2. The standard InChI is InChI=1S/C20H19N3O6S/c1-3-4-9-29-19(25)13-5-7-14-17(11-13)30-20(21-14)22-18(24)12-6-8-16(28-2)15(10-12)23(26)27/h5-8,10-11H,3-4,9H2,1-2H3,(H,21,22,24). The molecule has 0 atom stereocenters. The lowest BCUT2D eigenvalue weighted by atomic mass is 10.2. The van der Waals surface area contributed by atoms with E-state index in [1.165, 1.54) is 30.6 Å². The molecule has 0 fully saturated rings. The minimum Gasteiger partial charge on any atom is -0.490 e. The lowest BCUT2D eigenvalue weighted by Gasteiger charge is -2.04. The number of amides is 1. The SMILES string of the molecule is CCCCOC(=O)c1ccc2nc(NC(=O)c3ccc(OC)c([N+](=O)[O-])c3)sc2c1. The summed E-state index contributed by atoms with van der Waals surface area (Å²) in [5, 5.41) is 14.1. The number of esters is 1. The Morgan fingerprint density at radius 3 is 2.67 bits per heavy atom. The number of aromatic nitrogens is 1. The average Bonchev–Trinajstić information content (AvgIpc) is 3.14.